The number of furan rings is 1. The lowest BCUT2D eigenvalue weighted by Gasteiger charge is -2.39. The number of hydrazine groups is 1. The highest BCUT2D eigenvalue weighted by Crippen LogP contribution is 2.40. The molecule has 31 heavy (non-hydrogen) atoms. The topological polar surface area (TPSA) is 100 Å². The second-order valence-corrected chi connectivity index (χ2v) is 7.46. The Labute approximate surface area is 185 Å². The predicted molar refractivity (Wildman–Crippen MR) is 116 cm³/mol. The lowest BCUT2D eigenvalue weighted by molar-refractivity contribution is 0.0325. The largest absolute Gasteiger partial charge is 0.493 e. The summed E-state index contributed by atoms with van der Waals surface area (Å²) in [5.41, 5.74) is 4.05. The summed E-state index contributed by atoms with van der Waals surface area (Å²) in [7, 11) is 4.71. The van der Waals surface area contributed by atoms with Crippen molar-refractivity contribution in [1.29, 1.82) is 0 Å². The van der Waals surface area contributed by atoms with Gasteiger partial charge in [0.05, 0.1) is 40.3 Å². The van der Waals surface area contributed by atoms with Crippen molar-refractivity contribution in [3.63, 3.8) is 0 Å². The van der Waals surface area contributed by atoms with Crippen LogP contribution in [-0.4, -0.2) is 68.1 Å². The van der Waals surface area contributed by atoms with Gasteiger partial charge in [-0.2, -0.15) is 5.01 Å². The molecule has 0 spiro atoms. The highest BCUT2D eigenvalue weighted by Gasteiger charge is 2.38. The summed E-state index contributed by atoms with van der Waals surface area (Å²) in [6.45, 7) is 1.65. The maximum Gasteiger partial charge on any atom is 0.289 e. The second kappa shape index (κ2) is 9.00. The number of nitrogens with zero attached hydrogens (tertiary/aromatic N) is 2. The van der Waals surface area contributed by atoms with Gasteiger partial charge in [-0.1, -0.05) is 0 Å². The first-order valence-corrected chi connectivity index (χ1v) is 10.2. The van der Waals surface area contributed by atoms with E-state index in [0.717, 1.165) is 5.56 Å². The van der Waals surface area contributed by atoms with Gasteiger partial charge in [-0.15, -0.1) is 0 Å². The van der Waals surface area contributed by atoms with Gasteiger partial charge in [0.15, 0.2) is 22.4 Å². The van der Waals surface area contributed by atoms with Crippen molar-refractivity contribution in [3.05, 3.63) is 41.9 Å². The number of methoxy groups -OCH3 is 3. The fraction of sp³-hybridized carbons (Fsp3) is 0.400. The number of benzene rings is 1. The number of nitrogens with one attached hydrogen (secondary N) is 3. The molecule has 1 amide bonds. The van der Waals surface area contributed by atoms with Crippen molar-refractivity contribution in [1.82, 2.24) is 26.0 Å². The third kappa shape index (κ3) is 4.11. The van der Waals surface area contributed by atoms with E-state index in [-0.39, 0.29) is 18.2 Å². The van der Waals surface area contributed by atoms with Crippen molar-refractivity contribution >= 4 is 23.2 Å². The maximum absolute atomic E-state index is 12.8. The van der Waals surface area contributed by atoms with Gasteiger partial charge >= 0.3 is 0 Å². The zero-order valence-corrected chi connectivity index (χ0v) is 18.3. The van der Waals surface area contributed by atoms with E-state index in [0.29, 0.717) is 47.8 Å². The standard InChI is InChI=1S/C20H25N5O5S/c1-27-14-9-12(10-15(28-2)17(14)29-3)18-22-20(31)23-25(18)16-11-24(7-6-21-16)19(26)13-5-4-8-30-13/h4-5,8-10,16,18,21H,6-7,11H2,1-3H3,(H2,22,23,31). The van der Waals surface area contributed by atoms with E-state index in [1.165, 1.54) is 6.26 Å². The number of rotatable bonds is 6. The number of carbonyl (C=O) groups is 1. The molecule has 3 heterocycles. The molecule has 166 valence electrons. The van der Waals surface area contributed by atoms with Crippen LogP contribution in [0.5, 0.6) is 17.2 Å². The summed E-state index contributed by atoms with van der Waals surface area (Å²) in [5, 5.41) is 9.14. The van der Waals surface area contributed by atoms with E-state index in [2.05, 4.69) is 16.1 Å². The molecule has 0 saturated carbocycles. The third-order valence-corrected chi connectivity index (χ3v) is 5.50. The number of hydrogen-bond donors (Lipinski definition) is 3. The van der Waals surface area contributed by atoms with E-state index >= 15 is 0 Å². The van der Waals surface area contributed by atoms with Crippen LogP contribution in [0.1, 0.15) is 22.3 Å². The minimum absolute atomic E-state index is 0.143. The van der Waals surface area contributed by atoms with Crippen LogP contribution in [0.25, 0.3) is 0 Å². The van der Waals surface area contributed by atoms with Gasteiger partial charge in [0.25, 0.3) is 5.91 Å². The molecule has 0 radical (unpaired) electrons. The molecular formula is C20H25N5O5S. The molecule has 1 aromatic carbocycles. The summed E-state index contributed by atoms with van der Waals surface area (Å²) in [6.07, 6.45) is 0.972. The number of amides is 1. The average molecular weight is 448 g/mol. The molecule has 2 saturated heterocycles. The van der Waals surface area contributed by atoms with E-state index in [1.807, 2.05) is 17.1 Å². The van der Waals surface area contributed by atoms with Crippen LogP contribution >= 0.6 is 12.2 Å². The molecule has 0 bridgehead atoms. The average Bonchev–Trinajstić information content (AvgIpc) is 3.47. The quantitative estimate of drug-likeness (QED) is 0.558. The number of hydrogen-bond acceptors (Lipinski definition) is 8. The summed E-state index contributed by atoms with van der Waals surface area (Å²) in [6, 6.07) is 7.12. The first-order chi connectivity index (χ1) is 15.0. The minimum atomic E-state index is -0.322. The van der Waals surface area contributed by atoms with Crippen molar-refractivity contribution < 1.29 is 23.4 Å². The molecule has 0 aliphatic carbocycles. The maximum atomic E-state index is 12.8. The molecule has 2 unspecified atom stereocenters. The summed E-state index contributed by atoms with van der Waals surface area (Å²) in [5.74, 6) is 1.78. The summed E-state index contributed by atoms with van der Waals surface area (Å²) in [4.78, 5) is 14.5. The Morgan fingerprint density at radius 3 is 2.55 bits per heavy atom. The molecule has 10 nitrogen and oxygen atoms in total. The molecule has 11 heteroatoms. The molecule has 2 aliphatic heterocycles. The Bertz CT molecular complexity index is 928. The predicted octanol–water partition coefficient (Wildman–Crippen LogP) is 1.07. The number of piperazine rings is 1. The number of thiocarbonyl (C=S) groups is 1. The molecule has 4 rings (SSSR count). The van der Waals surface area contributed by atoms with Crippen LogP contribution in [-0.2, 0) is 0 Å². The Morgan fingerprint density at radius 2 is 1.94 bits per heavy atom. The SMILES string of the molecule is COc1cc(C2NC(=S)NN2C2CN(C(=O)c3ccco3)CCN2)cc(OC)c1OC. The van der Waals surface area contributed by atoms with Crippen molar-refractivity contribution in [2.24, 2.45) is 0 Å². The fourth-order valence-corrected chi connectivity index (χ4v) is 4.04. The van der Waals surface area contributed by atoms with Gasteiger partial charge in [-0.3, -0.25) is 15.5 Å². The van der Waals surface area contributed by atoms with Gasteiger partial charge in [-0.05, 0) is 42.0 Å². The van der Waals surface area contributed by atoms with E-state index in [1.54, 1.807) is 38.4 Å². The van der Waals surface area contributed by atoms with Crippen molar-refractivity contribution in [3.8, 4) is 17.2 Å². The number of carbonyl (C=O) groups excluding carboxylic acids is 1. The normalized spacial score (nSPS) is 21.4. The highest BCUT2D eigenvalue weighted by atomic mass is 32.1. The van der Waals surface area contributed by atoms with Crippen LogP contribution in [0, 0.1) is 0 Å². The van der Waals surface area contributed by atoms with E-state index < -0.39 is 0 Å². The first kappa shape index (κ1) is 21.2. The Morgan fingerprint density at radius 1 is 1.19 bits per heavy atom. The van der Waals surface area contributed by atoms with Gasteiger partial charge in [0.2, 0.25) is 5.75 Å². The smallest absolute Gasteiger partial charge is 0.289 e. The summed E-state index contributed by atoms with van der Waals surface area (Å²) >= 11 is 5.39. The lowest BCUT2D eigenvalue weighted by atomic mass is 10.1. The lowest BCUT2D eigenvalue weighted by Crippen LogP contribution is -2.61. The molecule has 2 fully saturated rings. The van der Waals surface area contributed by atoms with Gasteiger partial charge in [-0.25, -0.2) is 0 Å². The minimum Gasteiger partial charge on any atom is -0.493 e. The molecule has 3 N–H and O–H groups in total. The molecule has 2 aromatic rings. The monoisotopic (exact) mass is 447 g/mol. The highest BCUT2D eigenvalue weighted by molar-refractivity contribution is 7.80. The fourth-order valence-electron chi connectivity index (χ4n) is 3.83. The molecular weight excluding hydrogens is 422 g/mol. The second-order valence-electron chi connectivity index (χ2n) is 7.05. The Hall–Kier alpha value is -3.02. The van der Waals surface area contributed by atoms with Gasteiger partial charge < -0.3 is 28.8 Å². The van der Waals surface area contributed by atoms with Crippen LogP contribution < -0.4 is 30.3 Å². The molecule has 1 aromatic heterocycles. The van der Waals surface area contributed by atoms with Crippen molar-refractivity contribution in [2.75, 3.05) is 41.0 Å². The number of ether oxygens (including phenoxy) is 3. The van der Waals surface area contributed by atoms with Crippen LogP contribution in [0.15, 0.2) is 34.9 Å². The third-order valence-electron chi connectivity index (χ3n) is 5.29. The zero-order chi connectivity index (χ0) is 22.0. The van der Waals surface area contributed by atoms with Crippen LogP contribution in [0.4, 0.5) is 0 Å². The molecule has 2 aliphatic rings. The summed E-state index contributed by atoms with van der Waals surface area (Å²) < 4.78 is 21.7. The van der Waals surface area contributed by atoms with Gasteiger partial charge in [0, 0.05) is 13.1 Å². The van der Waals surface area contributed by atoms with Gasteiger partial charge in [0.1, 0.15) is 6.17 Å². The Balaban J connectivity index is 1.59. The van der Waals surface area contributed by atoms with Crippen molar-refractivity contribution in [2.45, 2.75) is 12.3 Å². The van der Waals surface area contributed by atoms with E-state index in [9.17, 15) is 4.79 Å². The van der Waals surface area contributed by atoms with Crippen LogP contribution in [0.2, 0.25) is 0 Å². The zero-order valence-electron chi connectivity index (χ0n) is 17.5. The van der Waals surface area contributed by atoms with Crippen LogP contribution in [0.3, 0.4) is 0 Å². The van der Waals surface area contributed by atoms with E-state index in [4.69, 9.17) is 30.8 Å². The first-order valence-electron chi connectivity index (χ1n) is 9.77. The molecule has 2 atom stereocenters. The Kier molecular flexibility index (Phi) is 6.16.